The SMILES string of the molecule is CCOC(=O)[C@H](CS)NC(=O)CC(NC(=O)OC(C)(C)C)C(=O)O. The molecule has 0 aliphatic rings. The maximum atomic E-state index is 11.9. The maximum Gasteiger partial charge on any atom is 0.408 e. The van der Waals surface area contributed by atoms with E-state index in [0.29, 0.717) is 0 Å². The lowest BCUT2D eigenvalue weighted by atomic mass is 10.2. The number of carboxylic acid groups (broad SMARTS) is 1. The first-order valence-corrected chi connectivity index (χ1v) is 7.92. The highest BCUT2D eigenvalue weighted by atomic mass is 32.1. The monoisotopic (exact) mass is 364 g/mol. The predicted octanol–water partition coefficient (Wildman–Crippen LogP) is 0.332. The van der Waals surface area contributed by atoms with Crippen LogP contribution >= 0.6 is 12.6 Å². The normalized spacial score (nSPS) is 13.4. The van der Waals surface area contributed by atoms with Crippen LogP contribution in [0, 0.1) is 0 Å². The molecule has 0 bridgehead atoms. The summed E-state index contributed by atoms with van der Waals surface area (Å²) in [6.07, 6.45) is -1.53. The number of alkyl carbamates (subject to hydrolysis) is 1. The van der Waals surface area contributed by atoms with E-state index in [-0.39, 0.29) is 12.4 Å². The molecule has 9 nitrogen and oxygen atoms in total. The van der Waals surface area contributed by atoms with Crippen LogP contribution in [0.15, 0.2) is 0 Å². The van der Waals surface area contributed by atoms with E-state index >= 15 is 0 Å². The van der Waals surface area contributed by atoms with E-state index in [1.165, 1.54) is 0 Å². The van der Waals surface area contributed by atoms with Crippen LogP contribution in [0.4, 0.5) is 4.79 Å². The zero-order valence-corrected chi connectivity index (χ0v) is 15.0. The number of carbonyl (C=O) groups excluding carboxylic acids is 3. The van der Waals surface area contributed by atoms with Crippen molar-refractivity contribution in [2.75, 3.05) is 12.4 Å². The molecule has 0 spiro atoms. The molecule has 0 aromatic carbocycles. The summed E-state index contributed by atoms with van der Waals surface area (Å²) in [6.45, 7) is 6.60. The lowest BCUT2D eigenvalue weighted by Gasteiger charge is -2.22. The summed E-state index contributed by atoms with van der Waals surface area (Å²) in [4.78, 5) is 46.2. The minimum atomic E-state index is -1.50. The summed E-state index contributed by atoms with van der Waals surface area (Å²) >= 11 is 3.93. The highest BCUT2D eigenvalue weighted by Gasteiger charge is 2.28. The van der Waals surface area contributed by atoms with Crippen LogP contribution in [0.2, 0.25) is 0 Å². The molecular formula is C14H24N2O7S. The largest absolute Gasteiger partial charge is 0.480 e. The highest BCUT2D eigenvalue weighted by Crippen LogP contribution is 2.07. The van der Waals surface area contributed by atoms with E-state index in [0.717, 1.165) is 0 Å². The first kappa shape index (κ1) is 22.0. The van der Waals surface area contributed by atoms with Gasteiger partial charge in [-0.1, -0.05) is 0 Å². The summed E-state index contributed by atoms with van der Waals surface area (Å²) < 4.78 is 9.70. The summed E-state index contributed by atoms with van der Waals surface area (Å²) in [5, 5.41) is 13.5. The van der Waals surface area contributed by atoms with Crippen molar-refractivity contribution in [3.63, 3.8) is 0 Å². The third kappa shape index (κ3) is 9.23. The first-order valence-electron chi connectivity index (χ1n) is 7.29. The molecule has 138 valence electrons. The first-order chi connectivity index (χ1) is 11.0. The van der Waals surface area contributed by atoms with Crippen LogP contribution in [0.5, 0.6) is 0 Å². The number of esters is 1. The Labute approximate surface area is 145 Å². The number of hydrogen-bond donors (Lipinski definition) is 4. The van der Waals surface area contributed by atoms with E-state index in [4.69, 9.17) is 14.6 Å². The van der Waals surface area contributed by atoms with Crippen molar-refractivity contribution in [1.29, 1.82) is 0 Å². The molecule has 0 aliphatic carbocycles. The minimum Gasteiger partial charge on any atom is -0.480 e. The lowest BCUT2D eigenvalue weighted by molar-refractivity contribution is -0.147. The minimum absolute atomic E-state index is 0.0121. The second-order valence-electron chi connectivity index (χ2n) is 5.80. The van der Waals surface area contributed by atoms with Gasteiger partial charge in [-0.2, -0.15) is 12.6 Å². The van der Waals surface area contributed by atoms with Crippen molar-refractivity contribution < 1.29 is 33.8 Å². The molecule has 0 fully saturated rings. The summed E-state index contributed by atoms with van der Waals surface area (Å²) in [7, 11) is 0. The van der Waals surface area contributed by atoms with E-state index in [1.807, 2.05) is 0 Å². The van der Waals surface area contributed by atoms with Gasteiger partial charge in [-0.05, 0) is 27.7 Å². The average molecular weight is 364 g/mol. The van der Waals surface area contributed by atoms with Crippen LogP contribution in [-0.4, -0.2) is 59.1 Å². The number of aliphatic carboxylic acids is 1. The Morgan fingerprint density at radius 1 is 1.12 bits per heavy atom. The molecule has 0 aliphatic heterocycles. The summed E-state index contributed by atoms with van der Waals surface area (Å²) in [5.41, 5.74) is -0.809. The molecule has 1 unspecified atom stereocenters. The van der Waals surface area contributed by atoms with Gasteiger partial charge in [0.25, 0.3) is 0 Å². The maximum absolute atomic E-state index is 11.9. The standard InChI is InChI=1S/C14H24N2O7S/c1-5-22-12(20)9(7-24)15-10(17)6-8(11(18)19)16-13(21)23-14(2,3)4/h8-9,24H,5-7H2,1-4H3,(H,15,17)(H,16,21)(H,18,19)/t8?,9-/m0/s1. The number of ether oxygens (including phenoxy) is 2. The van der Waals surface area contributed by atoms with E-state index in [1.54, 1.807) is 27.7 Å². The molecule has 24 heavy (non-hydrogen) atoms. The van der Waals surface area contributed by atoms with E-state index in [9.17, 15) is 19.2 Å². The smallest absolute Gasteiger partial charge is 0.408 e. The summed E-state index contributed by atoms with van der Waals surface area (Å²) in [6, 6.07) is -2.50. The van der Waals surface area contributed by atoms with Crippen molar-refractivity contribution in [2.45, 2.75) is 51.8 Å². The second-order valence-corrected chi connectivity index (χ2v) is 6.16. The molecule has 2 amide bonds. The van der Waals surface area contributed by atoms with Gasteiger partial charge in [-0.3, -0.25) is 4.79 Å². The Morgan fingerprint density at radius 2 is 1.71 bits per heavy atom. The fourth-order valence-corrected chi connectivity index (χ4v) is 1.75. The Bertz CT molecular complexity index is 476. The van der Waals surface area contributed by atoms with Gasteiger partial charge < -0.3 is 25.2 Å². The predicted molar refractivity (Wildman–Crippen MR) is 87.8 cm³/mol. The van der Waals surface area contributed by atoms with Gasteiger partial charge in [0.1, 0.15) is 17.7 Å². The van der Waals surface area contributed by atoms with Gasteiger partial charge in [-0.25, -0.2) is 14.4 Å². The Hall–Kier alpha value is -1.97. The Morgan fingerprint density at radius 3 is 2.12 bits per heavy atom. The van der Waals surface area contributed by atoms with Crippen molar-refractivity contribution >= 4 is 36.6 Å². The van der Waals surface area contributed by atoms with Gasteiger partial charge in [0.05, 0.1) is 13.0 Å². The van der Waals surface area contributed by atoms with Crippen molar-refractivity contribution in [3.05, 3.63) is 0 Å². The van der Waals surface area contributed by atoms with E-state index < -0.39 is 48.0 Å². The topological polar surface area (TPSA) is 131 Å². The summed E-state index contributed by atoms with van der Waals surface area (Å²) in [5.74, 6) is -2.84. The fraction of sp³-hybridized carbons (Fsp3) is 0.714. The molecule has 2 atom stereocenters. The van der Waals surface area contributed by atoms with Gasteiger partial charge in [0, 0.05) is 5.75 Å². The molecule has 0 heterocycles. The number of carboxylic acids is 1. The van der Waals surface area contributed by atoms with Crippen LogP contribution in [0.3, 0.4) is 0 Å². The second kappa shape index (κ2) is 10.0. The number of amides is 2. The molecule has 0 saturated carbocycles. The zero-order chi connectivity index (χ0) is 18.9. The molecule has 0 radical (unpaired) electrons. The Kier molecular flexibility index (Phi) is 9.19. The van der Waals surface area contributed by atoms with Gasteiger partial charge in [0.15, 0.2) is 0 Å². The van der Waals surface area contributed by atoms with Crippen LogP contribution in [0.25, 0.3) is 0 Å². The molecule has 10 heteroatoms. The Balaban J connectivity index is 4.71. The van der Waals surface area contributed by atoms with Gasteiger partial charge >= 0.3 is 18.0 Å². The fourth-order valence-electron chi connectivity index (χ4n) is 1.51. The van der Waals surface area contributed by atoms with Crippen molar-refractivity contribution in [2.24, 2.45) is 0 Å². The lowest BCUT2D eigenvalue weighted by Crippen LogP contribution is -2.49. The number of nitrogens with one attached hydrogen (secondary N) is 2. The number of hydrogen-bond acceptors (Lipinski definition) is 7. The third-order valence-electron chi connectivity index (χ3n) is 2.47. The molecular weight excluding hydrogens is 340 g/mol. The number of thiol groups is 1. The van der Waals surface area contributed by atoms with Gasteiger partial charge in [-0.15, -0.1) is 0 Å². The van der Waals surface area contributed by atoms with Crippen LogP contribution in [0.1, 0.15) is 34.1 Å². The zero-order valence-electron chi connectivity index (χ0n) is 14.1. The number of rotatable bonds is 8. The van der Waals surface area contributed by atoms with Crippen molar-refractivity contribution in [3.8, 4) is 0 Å². The molecule has 0 saturated heterocycles. The third-order valence-corrected chi connectivity index (χ3v) is 2.83. The number of carbonyl (C=O) groups is 4. The molecule has 0 rings (SSSR count). The van der Waals surface area contributed by atoms with Gasteiger partial charge in [0.2, 0.25) is 5.91 Å². The van der Waals surface area contributed by atoms with E-state index in [2.05, 4.69) is 23.3 Å². The van der Waals surface area contributed by atoms with Crippen LogP contribution in [-0.2, 0) is 23.9 Å². The molecule has 3 N–H and O–H groups in total. The quantitative estimate of drug-likeness (QED) is 0.360. The molecule has 0 aromatic heterocycles. The van der Waals surface area contributed by atoms with Crippen molar-refractivity contribution in [1.82, 2.24) is 10.6 Å². The average Bonchev–Trinajstić information content (AvgIpc) is 2.42. The van der Waals surface area contributed by atoms with Crippen LogP contribution < -0.4 is 10.6 Å². The highest BCUT2D eigenvalue weighted by molar-refractivity contribution is 7.80. The molecule has 0 aromatic rings.